The average molecular weight is 258 g/mol. The molecule has 0 heterocycles. The first-order chi connectivity index (χ1) is 8.17. The van der Waals surface area contributed by atoms with Crippen LogP contribution in [0.3, 0.4) is 0 Å². The molecule has 94 valence electrons. The molecule has 0 aliphatic rings. The van der Waals surface area contributed by atoms with E-state index in [1.54, 1.807) is 18.2 Å². The fourth-order valence-corrected chi connectivity index (χ4v) is 1.41. The van der Waals surface area contributed by atoms with Crippen LogP contribution in [0.4, 0.5) is 10.5 Å². The molecule has 0 aliphatic carbocycles. The summed E-state index contributed by atoms with van der Waals surface area (Å²) in [7, 11) is 1.52. The number of carbonyl (C=O) groups excluding carboxylic acids is 1. The van der Waals surface area contributed by atoms with Crippen LogP contribution < -0.4 is 10.1 Å². The molecule has 17 heavy (non-hydrogen) atoms. The van der Waals surface area contributed by atoms with Gasteiger partial charge in [0.1, 0.15) is 5.75 Å². The van der Waals surface area contributed by atoms with E-state index in [-0.39, 0.29) is 0 Å². The van der Waals surface area contributed by atoms with Gasteiger partial charge >= 0.3 is 6.09 Å². The lowest BCUT2D eigenvalue weighted by Crippen LogP contribution is -2.14. The number of carbonyl (C=O) groups is 1. The zero-order valence-corrected chi connectivity index (χ0v) is 10.7. The normalized spacial score (nSPS) is 9.82. The lowest BCUT2D eigenvalue weighted by Gasteiger charge is -2.10. The Balaban J connectivity index is 2.60. The first-order valence-electron chi connectivity index (χ1n) is 5.44. The lowest BCUT2D eigenvalue weighted by molar-refractivity contribution is 0.160. The highest BCUT2D eigenvalue weighted by Crippen LogP contribution is 2.27. The van der Waals surface area contributed by atoms with Crippen molar-refractivity contribution in [2.75, 3.05) is 19.0 Å². The standard InChI is InChI=1S/C12H16ClNO3/c1-3-4-7-17-12(15)14-10-8-9(13)5-6-11(10)16-2/h5-6,8H,3-4,7H2,1-2H3,(H,14,15). The van der Waals surface area contributed by atoms with Gasteiger partial charge in [-0.05, 0) is 24.6 Å². The molecule has 0 bridgehead atoms. The van der Waals surface area contributed by atoms with E-state index in [2.05, 4.69) is 5.32 Å². The quantitative estimate of drug-likeness (QED) is 0.819. The molecule has 5 heteroatoms. The highest BCUT2D eigenvalue weighted by atomic mass is 35.5. The Labute approximate surface area is 106 Å². The molecule has 1 aromatic rings. The predicted molar refractivity (Wildman–Crippen MR) is 67.9 cm³/mol. The van der Waals surface area contributed by atoms with Gasteiger partial charge in [0.15, 0.2) is 0 Å². The third-order valence-electron chi connectivity index (χ3n) is 2.13. The second-order valence-electron chi connectivity index (χ2n) is 3.46. The lowest BCUT2D eigenvalue weighted by atomic mass is 10.3. The van der Waals surface area contributed by atoms with Crippen LogP contribution in [0.15, 0.2) is 18.2 Å². The maximum Gasteiger partial charge on any atom is 0.411 e. The predicted octanol–water partition coefficient (Wildman–Crippen LogP) is 3.70. The van der Waals surface area contributed by atoms with Gasteiger partial charge in [-0.2, -0.15) is 0 Å². The number of halogens is 1. The van der Waals surface area contributed by atoms with Gasteiger partial charge in [-0.1, -0.05) is 24.9 Å². The zero-order chi connectivity index (χ0) is 12.7. The van der Waals surface area contributed by atoms with Crippen LogP contribution in [-0.2, 0) is 4.74 Å². The molecule has 0 radical (unpaired) electrons. The van der Waals surface area contributed by atoms with Crippen molar-refractivity contribution in [3.63, 3.8) is 0 Å². The molecule has 0 saturated heterocycles. The SMILES string of the molecule is CCCCOC(=O)Nc1cc(Cl)ccc1OC. The number of nitrogens with one attached hydrogen (secondary N) is 1. The Morgan fingerprint density at radius 3 is 2.88 bits per heavy atom. The maximum absolute atomic E-state index is 11.4. The number of hydrogen-bond donors (Lipinski definition) is 1. The van der Waals surface area contributed by atoms with Gasteiger partial charge in [0.25, 0.3) is 0 Å². The van der Waals surface area contributed by atoms with Gasteiger partial charge < -0.3 is 9.47 Å². The Kier molecular flexibility index (Phi) is 5.63. The molecule has 0 aromatic heterocycles. The summed E-state index contributed by atoms with van der Waals surface area (Å²) in [6, 6.07) is 4.99. The molecule has 4 nitrogen and oxygen atoms in total. The van der Waals surface area contributed by atoms with E-state index in [9.17, 15) is 4.79 Å². The molecule has 1 aromatic carbocycles. The van der Waals surface area contributed by atoms with Crippen LogP contribution in [0.5, 0.6) is 5.75 Å². The number of hydrogen-bond acceptors (Lipinski definition) is 3. The molecular weight excluding hydrogens is 242 g/mol. The van der Waals surface area contributed by atoms with E-state index >= 15 is 0 Å². The maximum atomic E-state index is 11.4. The molecule has 0 saturated carbocycles. The number of unbranched alkanes of at least 4 members (excludes halogenated alkanes) is 1. The van der Waals surface area contributed by atoms with Crippen molar-refractivity contribution in [2.24, 2.45) is 0 Å². The minimum atomic E-state index is -0.501. The van der Waals surface area contributed by atoms with Gasteiger partial charge in [0, 0.05) is 5.02 Å². The second-order valence-corrected chi connectivity index (χ2v) is 3.90. The Bertz CT molecular complexity index is 382. The summed E-state index contributed by atoms with van der Waals surface area (Å²) in [4.78, 5) is 11.4. The van der Waals surface area contributed by atoms with E-state index in [0.29, 0.717) is 23.1 Å². The fraction of sp³-hybridized carbons (Fsp3) is 0.417. The number of anilines is 1. The van der Waals surface area contributed by atoms with Crippen molar-refractivity contribution in [1.82, 2.24) is 0 Å². The number of amides is 1. The van der Waals surface area contributed by atoms with Crippen molar-refractivity contribution in [3.8, 4) is 5.75 Å². The van der Waals surface area contributed by atoms with Gasteiger partial charge in [-0.15, -0.1) is 0 Å². The summed E-state index contributed by atoms with van der Waals surface area (Å²) in [5.41, 5.74) is 0.501. The summed E-state index contributed by atoms with van der Waals surface area (Å²) in [5.74, 6) is 0.543. The number of rotatable bonds is 5. The first-order valence-corrected chi connectivity index (χ1v) is 5.82. The molecule has 0 spiro atoms. The third kappa shape index (κ3) is 4.53. The van der Waals surface area contributed by atoms with Crippen molar-refractivity contribution < 1.29 is 14.3 Å². The largest absolute Gasteiger partial charge is 0.495 e. The van der Waals surface area contributed by atoms with Crippen molar-refractivity contribution in [1.29, 1.82) is 0 Å². The van der Waals surface area contributed by atoms with Crippen LogP contribution in [0.1, 0.15) is 19.8 Å². The van der Waals surface area contributed by atoms with Gasteiger partial charge in [0.2, 0.25) is 0 Å². The minimum absolute atomic E-state index is 0.408. The summed E-state index contributed by atoms with van der Waals surface area (Å²) >= 11 is 5.84. The highest BCUT2D eigenvalue weighted by molar-refractivity contribution is 6.31. The molecule has 1 N–H and O–H groups in total. The van der Waals surface area contributed by atoms with Crippen molar-refractivity contribution in [3.05, 3.63) is 23.2 Å². The van der Waals surface area contributed by atoms with Crippen LogP contribution in [0.25, 0.3) is 0 Å². The highest BCUT2D eigenvalue weighted by Gasteiger charge is 2.08. The molecule has 1 amide bonds. The Morgan fingerprint density at radius 2 is 2.24 bits per heavy atom. The topological polar surface area (TPSA) is 47.6 Å². The van der Waals surface area contributed by atoms with Crippen molar-refractivity contribution in [2.45, 2.75) is 19.8 Å². The van der Waals surface area contributed by atoms with E-state index in [0.717, 1.165) is 12.8 Å². The monoisotopic (exact) mass is 257 g/mol. The summed E-state index contributed by atoms with van der Waals surface area (Å²) in [6.45, 7) is 2.44. The summed E-state index contributed by atoms with van der Waals surface area (Å²) in [5, 5.41) is 3.11. The molecule has 0 fully saturated rings. The fourth-order valence-electron chi connectivity index (χ4n) is 1.23. The van der Waals surface area contributed by atoms with Gasteiger partial charge in [0.05, 0.1) is 19.4 Å². The molecule has 0 unspecified atom stereocenters. The zero-order valence-electron chi connectivity index (χ0n) is 9.96. The Morgan fingerprint density at radius 1 is 1.47 bits per heavy atom. The molecule has 0 atom stereocenters. The first kappa shape index (κ1) is 13.6. The summed E-state index contributed by atoms with van der Waals surface area (Å²) in [6.07, 6.45) is 1.33. The number of benzene rings is 1. The number of methoxy groups -OCH3 is 1. The molecular formula is C12H16ClNO3. The minimum Gasteiger partial charge on any atom is -0.495 e. The van der Waals surface area contributed by atoms with E-state index in [1.807, 2.05) is 6.92 Å². The second kappa shape index (κ2) is 7.01. The van der Waals surface area contributed by atoms with Crippen LogP contribution in [0.2, 0.25) is 5.02 Å². The number of ether oxygens (including phenoxy) is 2. The average Bonchev–Trinajstić information content (AvgIpc) is 2.29. The molecule has 0 aliphatic heterocycles. The van der Waals surface area contributed by atoms with Crippen LogP contribution >= 0.6 is 11.6 Å². The summed E-state index contributed by atoms with van der Waals surface area (Å²) < 4.78 is 10.1. The smallest absolute Gasteiger partial charge is 0.411 e. The van der Waals surface area contributed by atoms with E-state index < -0.39 is 6.09 Å². The van der Waals surface area contributed by atoms with Gasteiger partial charge in [-0.25, -0.2) is 4.79 Å². The van der Waals surface area contributed by atoms with E-state index in [4.69, 9.17) is 21.1 Å². The van der Waals surface area contributed by atoms with E-state index in [1.165, 1.54) is 7.11 Å². The van der Waals surface area contributed by atoms with Crippen LogP contribution in [0, 0.1) is 0 Å². The molecule has 1 rings (SSSR count). The Hall–Kier alpha value is -1.42. The third-order valence-corrected chi connectivity index (χ3v) is 2.36. The van der Waals surface area contributed by atoms with Crippen molar-refractivity contribution >= 4 is 23.4 Å². The van der Waals surface area contributed by atoms with Crippen LogP contribution in [-0.4, -0.2) is 19.8 Å². The van der Waals surface area contributed by atoms with Gasteiger partial charge in [-0.3, -0.25) is 5.32 Å².